The number of ether oxygens (including phenoxy) is 1. The third-order valence-corrected chi connectivity index (χ3v) is 8.71. The molecule has 0 bridgehead atoms. The molecule has 1 heterocycles. The van der Waals surface area contributed by atoms with Crippen LogP contribution in [0.4, 0.5) is 0 Å². The summed E-state index contributed by atoms with van der Waals surface area (Å²) >= 11 is 0. The standard InChI is InChI=1S/C27H38O3/c1-17-7-8-20(19(3)25(17)28)9-10-21-6-5-15-27(4)22(12-14-24(21)27)11-13-23-16-18(2)26(29)30-23/h9-10,17,22-25,28H,2-3,5-8,11-16H2,1,4H3/b20-9-,21-10+. The highest BCUT2D eigenvalue weighted by Crippen LogP contribution is 2.58. The Morgan fingerprint density at radius 1 is 1.17 bits per heavy atom. The number of rotatable bonds is 4. The van der Waals surface area contributed by atoms with Crippen molar-refractivity contribution < 1.29 is 14.6 Å². The van der Waals surface area contributed by atoms with Gasteiger partial charge in [-0.3, -0.25) is 0 Å². The second-order valence-electron chi connectivity index (χ2n) is 10.5. The quantitative estimate of drug-likeness (QED) is 0.453. The maximum Gasteiger partial charge on any atom is 0.333 e. The van der Waals surface area contributed by atoms with E-state index in [9.17, 15) is 9.90 Å². The fraction of sp³-hybridized carbons (Fsp3) is 0.667. The van der Waals surface area contributed by atoms with Gasteiger partial charge >= 0.3 is 5.97 Å². The number of cyclic esters (lactones) is 1. The number of esters is 1. The Kier molecular flexibility index (Phi) is 6.12. The maximum atomic E-state index is 11.6. The Labute approximate surface area is 182 Å². The zero-order chi connectivity index (χ0) is 21.5. The minimum absolute atomic E-state index is 0.0436. The van der Waals surface area contributed by atoms with Crippen molar-refractivity contribution in [1.29, 1.82) is 0 Å². The molecule has 6 atom stereocenters. The van der Waals surface area contributed by atoms with E-state index in [1.165, 1.54) is 37.7 Å². The lowest BCUT2D eigenvalue weighted by Gasteiger charge is -2.42. The molecule has 3 saturated carbocycles. The average molecular weight is 411 g/mol. The summed E-state index contributed by atoms with van der Waals surface area (Å²) in [6.07, 6.45) is 15.5. The van der Waals surface area contributed by atoms with Gasteiger partial charge < -0.3 is 9.84 Å². The minimum atomic E-state index is -0.392. The number of aliphatic hydroxyl groups is 1. The molecule has 4 rings (SSSR count). The molecular weight excluding hydrogens is 372 g/mol. The van der Waals surface area contributed by atoms with E-state index >= 15 is 0 Å². The summed E-state index contributed by atoms with van der Waals surface area (Å²) in [5.74, 6) is 1.48. The van der Waals surface area contributed by atoms with Gasteiger partial charge in [-0.1, -0.05) is 44.7 Å². The summed E-state index contributed by atoms with van der Waals surface area (Å²) in [5, 5.41) is 10.4. The topological polar surface area (TPSA) is 46.5 Å². The molecule has 6 unspecified atom stereocenters. The lowest BCUT2D eigenvalue weighted by molar-refractivity contribution is -0.139. The van der Waals surface area contributed by atoms with Crippen molar-refractivity contribution in [1.82, 2.24) is 0 Å². The van der Waals surface area contributed by atoms with Gasteiger partial charge in [-0.15, -0.1) is 0 Å². The number of carbonyl (C=O) groups excluding carboxylic acids is 1. The summed E-state index contributed by atoms with van der Waals surface area (Å²) in [4.78, 5) is 11.6. The minimum Gasteiger partial charge on any atom is -0.459 e. The molecule has 3 aliphatic carbocycles. The van der Waals surface area contributed by atoms with Crippen LogP contribution in [-0.2, 0) is 9.53 Å². The van der Waals surface area contributed by atoms with Crippen LogP contribution in [0.3, 0.4) is 0 Å². The Hall–Kier alpha value is -1.61. The number of carbonyl (C=O) groups is 1. The van der Waals surface area contributed by atoms with Crippen LogP contribution < -0.4 is 0 Å². The van der Waals surface area contributed by atoms with Crippen molar-refractivity contribution in [2.75, 3.05) is 0 Å². The van der Waals surface area contributed by atoms with Crippen LogP contribution in [0.1, 0.15) is 78.1 Å². The number of hydrogen-bond donors (Lipinski definition) is 1. The van der Waals surface area contributed by atoms with Crippen molar-refractivity contribution in [3.8, 4) is 0 Å². The van der Waals surface area contributed by atoms with Crippen molar-refractivity contribution in [2.24, 2.45) is 23.2 Å². The normalized spacial score (nSPS) is 42.1. The van der Waals surface area contributed by atoms with Gasteiger partial charge in [0.15, 0.2) is 0 Å². The van der Waals surface area contributed by atoms with E-state index in [1.807, 2.05) is 0 Å². The van der Waals surface area contributed by atoms with Gasteiger partial charge in [-0.05, 0) is 92.1 Å². The highest BCUT2D eigenvalue weighted by atomic mass is 16.5. The number of fused-ring (bicyclic) bond motifs is 1. The van der Waals surface area contributed by atoms with E-state index in [0.717, 1.165) is 31.3 Å². The smallest absolute Gasteiger partial charge is 0.333 e. The van der Waals surface area contributed by atoms with E-state index in [4.69, 9.17) is 4.74 Å². The Bertz CT molecular complexity index is 772. The molecular formula is C27H38O3. The molecule has 0 aromatic carbocycles. The first-order valence-corrected chi connectivity index (χ1v) is 11.9. The first-order chi connectivity index (χ1) is 14.3. The van der Waals surface area contributed by atoms with Gasteiger partial charge in [0, 0.05) is 12.0 Å². The van der Waals surface area contributed by atoms with Crippen molar-refractivity contribution in [2.45, 2.75) is 90.3 Å². The average Bonchev–Trinajstić information content (AvgIpc) is 3.22. The summed E-state index contributed by atoms with van der Waals surface area (Å²) in [6, 6.07) is 0. The van der Waals surface area contributed by atoms with Gasteiger partial charge in [-0.2, -0.15) is 0 Å². The molecule has 4 fully saturated rings. The first-order valence-electron chi connectivity index (χ1n) is 11.9. The molecule has 1 aliphatic heterocycles. The molecule has 4 aliphatic rings. The molecule has 3 nitrogen and oxygen atoms in total. The van der Waals surface area contributed by atoms with E-state index in [2.05, 4.69) is 39.2 Å². The molecule has 3 heteroatoms. The Morgan fingerprint density at radius 3 is 2.70 bits per heavy atom. The zero-order valence-corrected chi connectivity index (χ0v) is 18.8. The maximum absolute atomic E-state index is 11.6. The van der Waals surface area contributed by atoms with E-state index < -0.39 is 6.10 Å². The Balaban J connectivity index is 1.43. The van der Waals surface area contributed by atoms with Crippen molar-refractivity contribution >= 4 is 5.97 Å². The van der Waals surface area contributed by atoms with Crippen LogP contribution in [0.2, 0.25) is 0 Å². The summed E-state index contributed by atoms with van der Waals surface area (Å²) in [7, 11) is 0. The molecule has 164 valence electrons. The van der Waals surface area contributed by atoms with Gasteiger partial charge in [0.05, 0.1) is 6.10 Å². The van der Waals surface area contributed by atoms with E-state index in [1.54, 1.807) is 5.57 Å². The first kappa shape index (κ1) is 21.6. The molecule has 0 spiro atoms. The van der Waals surface area contributed by atoms with Crippen LogP contribution >= 0.6 is 0 Å². The highest BCUT2D eigenvalue weighted by molar-refractivity contribution is 5.89. The summed E-state index contributed by atoms with van der Waals surface area (Å²) in [6.45, 7) is 12.6. The van der Waals surface area contributed by atoms with Crippen LogP contribution in [0.25, 0.3) is 0 Å². The van der Waals surface area contributed by atoms with Gasteiger partial charge in [0.1, 0.15) is 6.10 Å². The van der Waals surface area contributed by atoms with Gasteiger partial charge in [0.2, 0.25) is 0 Å². The molecule has 1 saturated heterocycles. The predicted octanol–water partition coefficient (Wildman–Crippen LogP) is 6.05. The number of allylic oxidation sites excluding steroid dienone is 3. The molecule has 0 radical (unpaired) electrons. The van der Waals surface area contributed by atoms with Crippen LogP contribution in [0, 0.1) is 23.2 Å². The second-order valence-corrected chi connectivity index (χ2v) is 10.5. The third kappa shape index (κ3) is 3.98. The SMILES string of the molecule is C=C1CC(CCC2CCC3/C(=C/C=C4/CCC(C)C(O)C4=C)CCCC23C)OC1=O. The Morgan fingerprint density at radius 2 is 1.97 bits per heavy atom. The molecule has 0 aromatic rings. The second kappa shape index (κ2) is 8.49. The monoisotopic (exact) mass is 410 g/mol. The fourth-order valence-corrected chi connectivity index (χ4v) is 6.64. The molecule has 1 N–H and O–H groups in total. The van der Waals surface area contributed by atoms with Crippen molar-refractivity contribution in [3.63, 3.8) is 0 Å². The van der Waals surface area contributed by atoms with Gasteiger partial charge in [-0.25, -0.2) is 4.79 Å². The molecule has 0 amide bonds. The highest BCUT2D eigenvalue weighted by Gasteiger charge is 2.49. The lowest BCUT2D eigenvalue weighted by atomic mass is 9.62. The lowest BCUT2D eigenvalue weighted by Crippen LogP contribution is -2.33. The van der Waals surface area contributed by atoms with Crippen molar-refractivity contribution in [3.05, 3.63) is 47.6 Å². The number of aliphatic hydroxyl groups excluding tert-OH is 1. The summed E-state index contributed by atoms with van der Waals surface area (Å²) in [5.41, 5.74) is 4.75. The van der Waals surface area contributed by atoms with Crippen LogP contribution in [0.15, 0.2) is 47.6 Å². The third-order valence-electron chi connectivity index (χ3n) is 8.71. The molecule has 0 aromatic heterocycles. The van der Waals surface area contributed by atoms with Crippen LogP contribution in [0.5, 0.6) is 0 Å². The molecule has 30 heavy (non-hydrogen) atoms. The van der Waals surface area contributed by atoms with Gasteiger partial charge in [0.25, 0.3) is 0 Å². The summed E-state index contributed by atoms with van der Waals surface area (Å²) < 4.78 is 5.47. The van der Waals surface area contributed by atoms with E-state index in [0.29, 0.717) is 35.2 Å². The predicted molar refractivity (Wildman–Crippen MR) is 121 cm³/mol. The zero-order valence-electron chi connectivity index (χ0n) is 18.8. The largest absolute Gasteiger partial charge is 0.459 e. The van der Waals surface area contributed by atoms with Crippen LogP contribution in [-0.4, -0.2) is 23.3 Å². The fourth-order valence-electron chi connectivity index (χ4n) is 6.64. The van der Waals surface area contributed by atoms with E-state index in [-0.39, 0.29) is 12.1 Å². The number of hydrogen-bond acceptors (Lipinski definition) is 3.